The molecule has 0 aromatic rings. The van der Waals surface area contributed by atoms with Crippen LogP contribution in [0.25, 0.3) is 0 Å². The molecule has 2 aliphatic heterocycles. The fraction of sp³-hybridized carbons (Fsp3) is 0.600. The van der Waals surface area contributed by atoms with Crippen LogP contribution in [0, 0.1) is 17.8 Å². The topological polar surface area (TPSA) is 106 Å². The molecule has 3 fully saturated rings. The molecule has 7 nitrogen and oxygen atoms in total. The summed E-state index contributed by atoms with van der Waals surface area (Å²) in [6, 6.07) is 0. The van der Waals surface area contributed by atoms with Crippen LogP contribution in [-0.4, -0.2) is 59.8 Å². The van der Waals surface area contributed by atoms with Crippen LogP contribution in [0.15, 0.2) is 35.5 Å². The van der Waals surface area contributed by atoms with Crippen LogP contribution >= 0.6 is 0 Å². The van der Waals surface area contributed by atoms with E-state index in [1.165, 1.54) is 6.08 Å². The Labute approximate surface area is 157 Å². The molecular weight excluding hydrogens is 352 g/mol. The molecule has 2 saturated heterocycles. The summed E-state index contributed by atoms with van der Waals surface area (Å²) in [7, 11) is 0. The molecule has 2 aliphatic carbocycles. The van der Waals surface area contributed by atoms with Crippen molar-refractivity contribution >= 4 is 11.9 Å². The number of hydrogen-bond acceptors (Lipinski definition) is 7. The highest BCUT2D eigenvalue weighted by Crippen LogP contribution is 2.58. The summed E-state index contributed by atoms with van der Waals surface area (Å²) >= 11 is 0. The largest absolute Gasteiger partial charge is 0.458 e. The number of ether oxygens (including phenoxy) is 3. The Morgan fingerprint density at radius 1 is 1.44 bits per heavy atom. The van der Waals surface area contributed by atoms with Crippen LogP contribution in [0.3, 0.4) is 0 Å². The average molecular weight is 376 g/mol. The van der Waals surface area contributed by atoms with Gasteiger partial charge in [0.1, 0.15) is 12.2 Å². The third kappa shape index (κ3) is 2.85. The zero-order chi connectivity index (χ0) is 19.3. The third-order valence-corrected chi connectivity index (χ3v) is 6.44. The minimum atomic E-state index is -0.711. The van der Waals surface area contributed by atoms with Gasteiger partial charge in [0.05, 0.1) is 36.9 Å². The molecule has 27 heavy (non-hydrogen) atoms. The maximum atomic E-state index is 12.5. The predicted octanol–water partition coefficient (Wildman–Crippen LogP) is 0.662. The van der Waals surface area contributed by atoms with E-state index >= 15 is 0 Å². The molecule has 0 aromatic heterocycles. The summed E-state index contributed by atoms with van der Waals surface area (Å²) in [5.74, 6) is -1.41. The Kier molecular flexibility index (Phi) is 4.49. The molecule has 4 aliphatic rings. The van der Waals surface area contributed by atoms with Crippen molar-refractivity contribution < 1.29 is 34.0 Å². The third-order valence-electron chi connectivity index (χ3n) is 6.44. The van der Waals surface area contributed by atoms with Crippen LogP contribution in [0.5, 0.6) is 0 Å². The van der Waals surface area contributed by atoms with Gasteiger partial charge in [0.15, 0.2) is 0 Å². The molecule has 2 N–H and O–H groups in total. The van der Waals surface area contributed by atoms with Gasteiger partial charge in [0.25, 0.3) is 0 Å². The SMILES string of the molecule is C=C1C(=O)O[C@@H]2[C@H]3C(C)=CC[C@H]3[C@]3(CO3)C[C@@H](OC(=O)/C(=C/CO)CO)[C@@H]12. The Hall–Kier alpha value is -1.96. The highest BCUT2D eigenvalue weighted by molar-refractivity contribution is 5.92. The number of hydrogen-bond donors (Lipinski definition) is 2. The number of epoxide rings is 1. The predicted molar refractivity (Wildman–Crippen MR) is 93.3 cm³/mol. The summed E-state index contributed by atoms with van der Waals surface area (Å²) in [6.45, 7) is 5.60. The molecule has 0 amide bonds. The van der Waals surface area contributed by atoms with E-state index in [-0.39, 0.29) is 29.6 Å². The first kappa shape index (κ1) is 18.4. The first-order chi connectivity index (χ1) is 12.9. The van der Waals surface area contributed by atoms with Gasteiger partial charge in [-0.25, -0.2) is 9.59 Å². The summed E-state index contributed by atoms with van der Waals surface area (Å²) in [5.41, 5.74) is 1.07. The van der Waals surface area contributed by atoms with E-state index in [0.717, 1.165) is 12.0 Å². The molecule has 6 atom stereocenters. The molecule has 7 heteroatoms. The Bertz CT molecular complexity index is 745. The van der Waals surface area contributed by atoms with Gasteiger partial charge in [-0.3, -0.25) is 0 Å². The quantitative estimate of drug-likeness (QED) is 0.321. The van der Waals surface area contributed by atoms with Crippen molar-refractivity contribution in [3.05, 3.63) is 35.5 Å². The monoisotopic (exact) mass is 376 g/mol. The van der Waals surface area contributed by atoms with E-state index in [1.54, 1.807) is 0 Å². The summed E-state index contributed by atoms with van der Waals surface area (Å²) in [4.78, 5) is 24.7. The zero-order valence-electron chi connectivity index (χ0n) is 15.2. The van der Waals surface area contributed by atoms with E-state index in [1.807, 2.05) is 6.92 Å². The first-order valence-electron chi connectivity index (χ1n) is 9.24. The van der Waals surface area contributed by atoms with Crippen LogP contribution in [0.4, 0.5) is 0 Å². The number of esters is 2. The van der Waals surface area contributed by atoms with Gasteiger partial charge >= 0.3 is 11.9 Å². The maximum Gasteiger partial charge on any atom is 0.336 e. The molecule has 0 bridgehead atoms. The number of allylic oxidation sites excluding steroid dienone is 1. The van der Waals surface area contributed by atoms with Gasteiger partial charge in [-0.1, -0.05) is 18.2 Å². The minimum Gasteiger partial charge on any atom is -0.458 e. The van der Waals surface area contributed by atoms with Gasteiger partial charge in [-0.2, -0.15) is 0 Å². The number of fused-ring (bicyclic) bond motifs is 4. The van der Waals surface area contributed by atoms with Gasteiger partial charge in [0, 0.05) is 23.8 Å². The molecule has 2 heterocycles. The summed E-state index contributed by atoms with van der Waals surface area (Å²) in [5, 5.41) is 18.4. The van der Waals surface area contributed by atoms with Crippen LogP contribution in [0.1, 0.15) is 19.8 Å². The maximum absolute atomic E-state index is 12.5. The van der Waals surface area contributed by atoms with Crippen molar-refractivity contribution in [1.82, 2.24) is 0 Å². The van der Waals surface area contributed by atoms with Crippen LogP contribution in [-0.2, 0) is 23.8 Å². The summed E-state index contributed by atoms with van der Waals surface area (Å²) in [6.07, 6.45) is 3.61. The highest BCUT2D eigenvalue weighted by Gasteiger charge is 2.65. The molecular formula is C20H24O7. The standard InChI is InChI=1S/C20H24O7/c1-10-3-4-13-15(10)17-16(11(2)18(23)27-17)14(7-20(13)9-25-20)26-19(24)12(8-22)5-6-21/h3,5,13-17,21-22H,2,4,6-9H2,1H3/b12-5+/t13-,14-,15+,16-,17-,20-/m1/s1. The smallest absolute Gasteiger partial charge is 0.336 e. The van der Waals surface area contributed by atoms with Crippen LogP contribution in [0.2, 0.25) is 0 Å². The highest BCUT2D eigenvalue weighted by atomic mass is 16.6. The fourth-order valence-corrected chi connectivity index (χ4v) is 4.98. The normalized spacial score (nSPS) is 40.2. The Balaban J connectivity index is 1.68. The molecule has 146 valence electrons. The molecule has 0 aromatic carbocycles. The summed E-state index contributed by atoms with van der Waals surface area (Å²) < 4.78 is 17.2. The number of carbonyl (C=O) groups is 2. The molecule has 4 rings (SSSR count). The molecule has 0 unspecified atom stereocenters. The number of aliphatic hydroxyl groups excluding tert-OH is 2. The van der Waals surface area contributed by atoms with Crippen molar-refractivity contribution in [2.75, 3.05) is 19.8 Å². The van der Waals surface area contributed by atoms with Gasteiger partial charge in [0.2, 0.25) is 0 Å². The second kappa shape index (κ2) is 6.58. The average Bonchev–Trinajstić information content (AvgIpc) is 3.24. The van der Waals surface area contributed by atoms with E-state index in [9.17, 15) is 14.7 Å². The molecule has 0 radical (unpaired) electrons. The number of aliphatic hydroxyl groups is 2. The van der Waals surface area contributed by atoms with Crippen LogP contribution < -0.4 is 0 Å². The van der Waals surface area contributed by atoms with E-state index < -0.39 is 36.7 Å². The minimum absolute atomic E-state index is 0.0174. The Morgan fingerprint density at radius 3 is 2.81 bits per heavy atom. The molecule has 1 spiro atoms. The van der Waals surface area contributed by atoms with E-state index in [0.29, 0.717) is 18.6 Å². The second-order valence-corrected chi connectivity index (χ2v) is 7.81. The number of rotatable bonds is 4. The van der Waals surface area contributed by atoms with Crippen molar-refractivity contribution in [1.29, 1.82) is 0 Å². The van der Waals surface area contributed by atoms with Crippen molar-refractivity contribution in [3.8, 4) is 0 Å². The lowest BCUT2D eigenvalue weighted by molar-refractivity contribution is -0.149. The fourth-order valence-electron chi connectivity index (χ4n) is 4.98. The van der Waals surface area contributed by atoms with Crippen molar-refractivity contribution in [2.45, 2.75) is 37.6 Å². The first-order valence-corrected chi connectivity index (χ1v) is 9.24. The second-order valence-electron chi connectivity index (χ2n) is 7.81. The van der Waals surface area contributed by atoms with E-state index in [4.69, 9.17) is 19.3 Å². The zero-order valence-corrected chi connectivity index (χ0v) is 15.2. The van der Waals surface area contributed by atoms with E-state index in [2.05, 4.69) is 12.7 Å². The van der Waals surface area contributed by atoms with Gasteiger partial charge < -0.3 is 24.4 Å². The van der Waals surface area contributed by atoms with Crippen molar-refractivity contribution in [2.24, 2.45) is 17.8 Å². The van der Waals surface area contributed by atoms with Crippen molar-refractivity contribution in [3.63, 3.8) is 0 Å². The lowest BCUT2D eigenvalue weighted by atomic mass is 9.78. The lowest BCUT2D eigenvalue weighted by Gasteiger charge is -2.29. The van der Waals surface area contributed by atoms with Gasteiger partial charge in [-0.05, 0) is 19.4 Å². The molecule has 1 saturated carbocycles. The lowest BCUT2D eigenvalue weighted by Crippen LogP contribution is -2.36. The number of carbonyl (C=O) groups excluding carboxylic acids is 2. The Morgan fingerprint density at radius 2 is 2.19 bits per heavy atom. The van der Waals surface area contributed by atoms with Gasteiger partial charge in [-0.15, -0.1) is 0 Å².